The van der Waals surface area contributed by atoms with Gasteiger partial charge in [0.1, 0.15) is 11.3 Å². The molecule has 116 valence electrons. The minimum atomic E-state index is -1.49. The molecule has 3 aliphatic rings. The zero-order chi connectivity index (χ0) is 16.5. The van der Waals surface area contributed by atoms with Crippen molar-refractivity contribution in [2.45, 2.75) is 24.9 Å². The fourth-order valence-corrected chi connectivity index (χ4v) is 4.46. The summed E-state index contributed by atoms with van der Waals surface area (Å²) in [6.07, 6.45) is -0.213. The molecule has 1 aromatic rings. The van der Waals surface area contributed by atoms with Crippen LogP contribution in [0.3, 0.4) is 0 Å². The summed E-state index contributed by atoms with van der Waals surface area (Å²) in [6, 6.07) is 12.0. The van der Waals surface area contributed by atoms with E-state index in [1.54, 1.807) is 0 Å². The Hall–Kier alpha value is -1.93. The number of fused-ring (bicyclic) bond motifs is 2. The van der Waals surface area contributed by atoms with Crippen LogP contribution in [0.4, 0.5) is 0 Å². The first-order chi connectivity index (χ1) is 11.0. The van der Waals surface area contributed by atoms with Gasteiger partial charge < -0.3 is 15.2 Å². The Bertz CT molecular complexity index is 828. The van der Waals surface area contributed by atoms with Crippen molar-refractivity contribution in [3.8, 4) is 12.1 Å². The minimum absolute atomic E-state index is 0.112. The van der Waals surface area contributed by atoms with Crippen LogP contribution in [0.2, 0.25) is 0 Å². The average molecular weight is 373 g/mol. The Morgan fingerprint density at radius 2 is 2.17 bits per heavy atom. The largest absolute Gasteiger partial charge is 0.386 e. The normalized spacial score (nSPS) is 43.6. The quantitative estimate of drug-likeness (QED) is 0.811. The van der Waals surface area contributed by atoms with Gasteiger partial charge in [-0.2, -0.15) is 10.5 Å². The van der Waals surface area contributed by atoms with Crippen LogP contribution in [0.15, 0.2) is 33.7 Å². The first kappa shape index (κ1) is 14.6. The van der Waals surface area contributed by atoms with E-state index < -0.39 is 22.7 Å². The predicted molar refractivity (Wildman–Crippen MR) is 83.8 cm³/mol. The molecule has 5 atom stereocenters. The third-order valence-corrected chi connectivity index (χ3v) is 5.48. The number of ether oxygens (including phenoxy) is 2. The van der Waals surface area contributed by atoms with E-state index in [0.717, 1.165) is 10.0 Å². The number of nitriles is 2. The van der Waals surface area contributed by atoms with Gasteiger partial charge in [-0.1, -0.05) is 28.1 Å². The molecule has 1 spiro atoms. The molecule has 4 rings (SSSR count). The van der Waals surface area contributed by atoms with Crippen molar-refractivity contribution in [3.63, 3.8) is 0 Å². The molecule has 0 unspecified atom stereocenters. The van der Waals surface area contributed by atoms with E-state index in [1.165, 1.54) is 0 Å². The van der Waals surface area contributed by atoms with Crippen molar-refractivity contribution in [1.82, 2.24) is 0 Å². The fourth-order valence-electron chi connectivity index (χ4n) is 4.05. The number of nitrogens with two attached hydrogens (primary N) is 1. The number of amidine groups is 1. The number of hydrogen-bond donors (Lipinski definition) is 1. The highest BCUT2D eigenvalue weighted by molar-refractivity contribution is 9.10. The van der Waals surface area contributed by atoms with Crippen LogP contribution >= 0.6 is 15.9 Å². The maximum absolute atomic E-state index is 9.99. The molecule has 2 fully saturated rings. The number of hydrogen-bond acceptors (Lipinski definition) is 6. The van der Waals surface area contributed by atoms with Gasteiger partial charge in [0.25, 0.3) is 5.91 Å². The van der Waals surface area contributed by atoms with Gasteiger partial charge in [0.05, 0.1) is 24.8 Å². The average Bonchev–Trinajstić information content (AvgIpc) is 2.93. The molecule has 23 heavy (non-hydrogen) atoms. The topological polar surface area (TPSA) is 104 Å². The second-order valence-corrected chi connectivity index (χ2v) is 7.06. The fraction of sp³-hybridized carbons (Fsp3) is 0.438. The van der Waals surface area contributed by atoms with Gasteiger partial charge >= 0.3 is 0 Å². The summed E-state index contributed by atoms with van der Waals surface area (Å²) in [6.45, 7) is 2.15. The minimum Gasteiger partial charge on any atom is -0.386 e. The van der Waals surface area contributed by atoms with Gasteiger partial charge in [-0.05, 0) is 24.6 Å². The Balaban J connectivity index is 1.93. The Morgan fingerprint density at radius 3 is 2.74 bits per heavy atom. The smallest absolute Gasteiger partial charge is 0.293 e. The molecule has 2 aliphatic heterocycles. The third-order valence-electron chi connectivity index (χ3n) is 4.98. The molecule has 7 heteroatoms. The van der Waals surface area contributed by atoms with Crippen LogP contribution < -0.4 is 5.73 Å². The summed E-state index contributed by atoms with van der Waals surface area (Å²) >= 11 is 3.43. The Morgan fingerprint density at radius 1 is 1.39 bits per heavy atom. The lowest BCUT2D eigenvalue weighted by Gasteiger charge is -2.26. The molecule has 1 saturated heterocycles. The standard InChI is InChI=1S/C16H13BrN4O2/c1-9-6-22-16(23-9)15(8-19)12(10-3-2-4-11(17)5-10)14(15,7-18)13(20)21-16/h2-5,9,12H,6H2,1H3,(H2,20,21)/t9-,12+,14+,15+,16+/m0/s1. The molecule has 0 bridgehead atoms. The van der Waals surface area contributed by atoms with Gasteiger partial charge in [0.15, 0.2) is 5.41 Å². The number of halogens is 1. The zero-order valence-electron chi connectivity index (χ0n) is 12.3. The number of benzene rings is 1. The highest BCUT2D eigenvalue weighted by atomic mass is 79.9. The molecule has 2 N–H and O–H groups in total. The van der Waals surface area contributed by atoms with Gasteiger partial charge in [0.2, 0.25) is 0 Å². The molecule has 1 aromatic carbocycles. The van der Waals surface area contributed by atoms with Crippen LogP contribution in [-0.4, -0.2) is 24.5 Å². The molecule has 0 amide bonds. The molecular formula is C16H13BrN4O2. The molecular weight excluding hydrogens is 360 g/mol. The third kappa shape index (κ3) is 1.41. The predicted octanol–water partition coefficient (Wildman–Crippen LogP) is 2.03. The summed E-state index contributed by atoms with van der Waals surface area (Å²) in [5, 5.41) is 19.9. The van der Waals surface area contributed by atoms with Crippen molar-refractivity contribution in [1.29, 1.82) is 10.5 Å². The lowest BCUT2D eigenvalue weighted by atomic mass is 9.94. The van der Waals surface area contributed by atoms with Gasteiger partial charge in [-0.3, -0.25) is 0 Å². The molecule has 1 saturated carbocycles. The zero-order valence-corrected chi connectivity index (χ0v) is 13.9. The first-order valence-electron chi connectivity index (χ1n) is 7.23. The monoisotopic (exact) mass is 372 g/mol. The highest BCUT2D eigenvalue weighted by Gasteiger charge is 2.94. The molecule has 0 radical (unpaired) electrons. The lowest BCUT2D eigenvalue weighted by Crippen LogP contribution is -2.39. The summed E-state index contributed by atoms with van der Waals surface area (Å²) < 4.78 is 12.5. The van der Waals surface area contributed by atoms with Gasteiger partial charge in [0, 0.05) is 10.4 Å². The maximum atomic E-state index is 9.99. The van der Waals surface area contributed by atoms with E-state index in [0.29, 0.717) is 6.61 Å². The van der Waals surface area contributed by atoms with Crippen molar-refractivity contribution >= 4 is 21.8 Å². The van der Waals surface area contributed by atoms with E-state index in [4.69, 9.17) is 15.2 Å². The Labute approximate surface area is 141 Å². The van der Waals surface area contributed by atoms with Crippen molar-refractivity contribution in [2.24, 2.45) is 21.6 Å². The van der Waals surface area contributed by atoms with Gasteiger partial charge in [-0.25, -0.2) is 4.99 Å². The maximum Gasteiger partial charge on any atom is 0.293 e. The SMILES string of the molecule is C[C@H]1CO[C@@]2(N=C(N)[C@@]3(C#N)[C@@H](c4cccc(Br)c4)[C@@]23C#N)O1. The second-order valence-electron chi connectivity index (χ2n) is 6.15. The summed E-state index contributed by atoms with van der Waals surface area (Å²) in [5.41, 5.74) is 4.46. The van der Waals surface area contributed by atoms with E-state index in [-0.39, 0.29) is 11.9 Å². The molecule has 1 aliphatic carbocycles. The van der Waals surface area contributed by atoms with E-state index in [1.807, 2.05) is 31.2 Å². The van der Waals surface area contributed by atoms with Crippen LogP contribution in [0.1, 0.15) is 18.4 Å². The van der Waals surface area contributed by atoms with Crippen molar-refractivity contribution < 1.29 is 9.47 Å². The molecule has 0 aromatic heterocycles. The summed E-state index contributed by atoms with van der Waals surface area (Å²) in [5.74, 6) is -1.82. The van der Waals surface area contributed by atoms with Crippen molar-refractivity contribution in [3.05, 3.63) is 34.3 Å². The summed E-state index contributed by atoms with van der Waals surface area (Å²) in [7, 11) is 0. The second kappa shape index (κ2) is 4.33. The van der Waals surface area contributed by atoms with Crippen LogP contribution in [0.25, 0.3) is 0 Å². The number of aliphatic imine (C=N–C) groups is 1. The number of nitrogens with zero attached hydrogens (tertiary/aromatic N) is 3. The Kier molecular flexibility index (Phi) is 2.76. The summed E-state index contributed by atoms with van der Waals surface area (Å²) in [4.78, 5) is 4.28. The first-order valence-corrected chi connectivity index (χ1v) is 8.02. The van der Waals surface area contributed by atoms with E-state index in [9.17, 15) is 10.5 Å². The van der Waals surface area contributed by atoms with Crippen LogP contribution in [0, 0.1) is 33.5 Å². The number of rotatable bonds is 1. The van der Waals surface area contributed by atoms with Crippen LogP contribution in [-0.2, 0) is 9.47 Å². The van der Waals surface area contributed by atoms with Crippen LogP contribution in [0.5, 0.6) is 0 Å². The van der Waals surface area contributed by atoms with Gasteiger partial charge in [-0.15, -0.1) is 0 Å². The van der Waals surface area contributed by atoms with E-state index in [2.05, 4.69) is 33.1 Å². The molecule has 2 heterocycles. The van der Waals surface area contributed by atoms with Crippen molar-refractivity contribution in [2.75, 3.05) is 6.61 Å². The van der Waals surface area contributed by atoms with E-state index >= 15 is 0 Å². The lowest BCUT2D eigenvalue weighted by molar-refractivity contribution is -0.193. The highest BCUT2D eigenvalue weighted by Crippen LogP contribution is 2.82. The molecule has 6 nitrogen and oxygen atoms in total.